The predicted molar refractivity (Wildman–Crippen MR) is 120 cm³/mol. The van der Waals surface area contributed by atoms with Crippen LogP contribution in [0.25, 0.3) is 11.3 Å². The van der Waals surface area contributed by atoms with Gasteiger partial charge in [0.15, 0.2) is 5.43 Å². The maximum Gasteiger partial charge on any atom is 0.341 e. The number of hydrogen-bond acceptors (Lipinski definition) is 6. The summed E-state index contributed by atoms with van der Waals surface area (Å²) < 4.78 is 7.64. The fourth-order valence-electron chi connectivity index (χ4n) is 3.84. The van der Waals surface area contributed by atoms with E-state index in [4.69, 9.17) is 4.74 Å². The molecule has 9 nitrogen and oxygen atoms in total. The van der Waals surface area contributed by atoms with Gasteiger partial charge in [0.1, 0.15) is 17.9 Å². The molecule has 0 amide bonds. The Kier molecular flexibility index (Phi) is 6.25. The van der Waals surface area contributed by atoms with E-state index >= 15 is 0 Å². The zero-order chi connectivity index (χ0) is 23.6. The van der Waals surface area contributed by atoms with Crippen molar-refractivity contribution >= 4 is 11.7 Å². The Balaban J connectivity index is 2.10. The number of rotatable bonds is 5. The lowest BCUT2D eigenvalue weighted by atomic mass is 9.78. The number of ether oxygens (including phenoxy) is 1. The van der Waals surface area contributed by atoms with Crippen molar-refractivity contribution in [3.8, 4) is 28.8 Å². The highest BCUT2D eigenvalue weighted by Crippen LogP contribution is 2.45. The van der Waals surface area contributed by atoms with Crippen LogP contribution in [0.15, 0.2) is 29.2 Å². The van der Waals surface area contributed by atoms with E-state index in [2.05, 4.69) is 37.9 Å². The van der Waals surface area contributed by atoms with Crippen molar-refractivity contribution < 1.29 is 19.6 Å². The molecule has 0 radical (unpaired) electrons. The molecule has 2 heterocycles. The van der Waals surface area contributed by atoms with Crippen LogP contribution in [0, 0.1) is 27.4 Å². The molecule has 9 heteroatoms. The van der Waals surface area contributed by atoms with Gasteiger partial charge < -0.3 is 19.7 Å². The van der Waals surface area contributed by atoms with E-state index in [0.29, 0.717) is 23.6 Å². The van der Waals surface area contributed by atoms with Gasteiger partial charge in [-0.05, 0) is 35.5 Å². The van der Waals surface area contributed by atoms with Gasteiger partial charge in [-0.25, -0.2) is 4.79 Å². The minimum atomic E-state index is -1.25. The number of fused-ring (bicyclic) bond motifs is 3. The quantitative estimate of drug-likeness (QED) is 0.417. The van der Waals surface area contributed by atoms with Crippen molar-refractivity contribution in [2.24, 2.45) is 5.41 Å². The summed E-state index contributed by atoms with van der Waals surface area (Å²) in [7, 11) is 1.73. The van der Waals surface area contributed by atoms with E-state index in [-0.39, 0.29) is 23.6 Å². The van der Waals surface area contributed by atoms with Crippen LogP contribution in [0.4, 0.5) is 5.69 Å². The lowest BCUT2D eigenvalue weighted by molar-refractivity contribution is -0.466. The molecule has 0 bridgehead atoms. The zero-order valence-electron chi connectivity index (χ0n) is 18.4. The van der Waals surface area contributed by atoms with Gasteiger partial charge in [0.25, 0.3) is 6.54 Å². The SMILES string of the molecule is CNc1cc2c(cc1OCC#CC[N+](=O)[O-])CC(C(C)(C)C)n1cc(C(=O)O)c(=O)cc1-2. The number of aromatic carboxylic acids is 1. The molecule has 2 aromatic rings. The third-order valence-electron chi connectivity index (χ3n) is 5.44. The third kappa shape index (κ3) is 4.59. The van der Waals surface area contributed by atoms with E-state index < -0.39 is 22.9 Å². The van der Waals surface area contributed by atoms with E-state index in [0.717, 1.165) is 11.1 Å². The number of benzene rings is 1. The number of carbonyl (C=O) groups is 1. The first-order chi connectivity index (χ1) is 15.0. The van der Waals surface area contributed by atoms with Crippen molar-refractivity contribution in [1.29, 1.82) is 0 Å². The number of aromatic nitrogens is 1. The van der Waals surface area contributed by atoms with Crippen LogP contribution < -0.4 is 15.5 Å². The Labute approximate surface area is 185 Å². The van der Waals surface area contributed by atoms with E-state index in [1.165, 1.54) is 12.3 Å². The molecule has 168 valence electrons. The molecule has 3 rings (SSSR count). The standard InChI is InChI=1S/C23H25N3O6/c1-23(2,3)21-10-14-9-20(32-8-6-5-7-26(30)31)17(24-4)11-15(14)18-12-19(27)16(22(28)29)13-25(18)21/h9,11-13,21,24H,7-8,10H2,1-4H3,(H,28,29). The molecule has 0 spiro atoms. The summed E-state index contributed by atoms with van der Waals surface area (Å²) in [6.45, 7) is 5.76. The molecule has 0 saturated carbocycles. The van der Waals surface area contributed by atoms with Crippen LogP contribution in [0.2, 0.25) is 0 Å². The van der Waals surface area contributed by atoms with Gasteiger partial charge in [-0.3, -0.25) is 14.9 Å². The molecule has 1 unspecified atom stereocenters. The number of carboxylic acids is 1. The number of carboxylic acid groups (broad SMARTS) is 1. The van der Waals surface area contributed by atoms with E-state index in [9.17, 15) is 24.8 Å². The Hall–Kier alpha value is -3.80. The summed E-state index contributed by atoms with van der Waals surface area (Å²) in [5.41, 5.74) is 2.07. The Morgan fingerprint density at radius 3 is 2.66 bits per heavy atom. The summed E-state index contributed by atoms with van der Waals surface area (Å²) >= 11 is 0. The smallest absolute Gasteiger partial charge is 0.341 e. The molecule has 0 saturated heterocycles. The van der Waals surface area contributed by atoms with Gasteiger partial charge >= 0.3 is 5.97 Å². The number of anilines is 1. The van der Waals surface area contributed by atoms with Crippen molar-refractivity contribution in [1.82, 2.24) is 4.57 Å². The van der Waals surface area contributed by atoms with Gasteiger partial charge in [0, 0.05) is 35.8 Å². The molecule has 2 N–H and O–H groups in total. The third-order valence-corrected chi connectivity index (χ3v) is 5.44. The van der Waals surface area contributed by atoms with Crippen molar-refractivity contribution in [3.05, 3.63) is 55.9 Å². The average molecular weight is 439 g/mol. The lowest BCUT2D eigenvalue weighted by Crippen LogP contribution is -2.32. The van der Waals surface area contributed by atoms with E-state index in [1.807, 2.05) is 16.7 Å². The first-order valence-electron chi connectivity index (χ1n) is 10.1. The molecule has 1 aromatic heterocycles. The average Bonchev–Trinajstić information content (AvgIpc) is 2.70. The minimum absolute atomic E-state index is 0.00201. The second-order valence-corrected chi connectivity index (χ2v) is 8.62. The van der Waals surface area contributed by atoms with Crippen LogP contribution in [0.1, 0.15) is 42.7 Å². The van der Waals surface area contributed by atoms with Crippen molar-refractivity contribution in [2.45, 2.75) is 33.2 Å². The summed E-state index contributed by atoms with van der Waals surface area (Å²) in [5.74, 6) is 4.36. The lowest BCUT2D eigenvalue weighted by Gasteiger charge is -2.39. The van der Waals surface area contributed by atoms with Gasteiger partial charge in [-0.15, -0.1) is 0 Å². The highest BCUT2D eigenvalue weighted by atomic mass is 16.6. The molecule has 0 aliphatic carbocycles. The molecular weight excluding hydrogens is 414 g/mol. The number of hydrogen-bond donors (Lipinski definition) is 2. The number of nitrogens with zero attached hydrogens (tertiary/aromatic N) is 2. The van der Waals surface area contributed by atoms with Crippen LogP contribution in [0.3, 0.4) is 0 Å². The highest BCUT2D eigenvalue weighted by molar-refractivity contribution is 5.88. The molecule has 1 aliphatic rings. The van der Waals surface area contributed by atoms with Gasteiger partial charge in [-0.2, -0.15) is 0 Å². The number of nitrogens with one attached hydrogen (secondary N) is 1. The maximum atomic E-state index is 12.5. The normalized spacial score (nSPS) is 14.4. The Morgan fingerprint density at radius 2 is 2.06 bits per heavy atom. The first kappa shape index (κ1) is 22.9. The predicted octanol–water partition coefficient (Wildman–Crippen LogP) is 3.06. The fraction of sp³-hybridized carbons (Fsp3) is 0.391. The van der Waals surface area contributed by atoms with Gasteiger partial charge in [0.05, 0.1) is 11.4 Å². The number of pyridine rings is 1. The van der Waals surface area contributed by atoms with Gasteiger partial charge in [0.2, 0.25) is 0 Å². The molecule has 1 aromatic carbocycles. The van der Waals surface area contributed by atoms with E-state index in [1.54, 1.807) is 7.05 Å². The van der Waals surface area contributed by atoms with Crippen LogP contribution in [-0.4, -0.2) is 40.8 Å². The largest absolute Gasteiger partial charge is 0.479 e. The second-order valence-electron chi connectivity index (χ2n) is 8.62. The summed E-state index contributed by atoms with van der Waals surface area (Å²) in [4.78, 5) is 33.9. The molecule has 0 fully saturated rings. The maximum absolute atomic E-state index is 12.5. The zero-order valence-corrected chi connectivity index (χ0v) is 18.4. The summed E-state index contributed by atoms with van der Waals surface area (Å²) in [5, 5.41) is 22.9. The summed E-state index contributed by atoms with van der Waals surface area (Å²) in [6.07, 6.45) is 2.05. The topological polar surface area (TPSA) is 124 Å². The molecule has 1 aliphatic heterocycles. The highest BCUT2D eigenvalue weighted by Gasteiger charge is 2.34. The van der Waals surface area contributed by atoms with Crippen molar-refractivity contribution in [3.63, 3.8) is 0 Å². The van der Waals surface area contributed by atoms with Crippen LogP contribution in [0.5, 0.6) is 5.75 Å². The molecular formula is C23H25N3O6. The second kappa shape index (κ2) is 8.75. The Morgan fingerprint density at radius 1 is 1.34 bits per heavy atom. The fourth-order valence-corrected chi connectivity index (χ4v) is 3.84. The molecule has 1 atom stereocenters. The van der Waals surface area contributed by atoms with Crippen LogP contribution in [-0.2, 0) is 6.42 Å². The minimum Gasteiger partial charge on any atom is -0.479 e. The van der Waals surface area contributed by atoms with Crippen molar-refractivity contribution in [2.75, 3.05) is 25.5 Å². The first-order valence-corrected chi connectivity index (χ1v) is 10.1. The number of nitro groups is 1. The Bertz CT molecular complexity index is 1200. The summed E-state index contributed by atoms with van der Waals surface area (Å²) in [6, 6.07) is 5.04. The van der Waals surface area contributed by atoms with Gasteiger partial charge in [-0.1, -0.05) is 26.7 Å². The monoisotopic (exact) mass is 439 g/mol. The van der Waals surface area contributed by atoms with Crippen LogP contribution >= 0.6 is 0 Å². The molecule has 32 heavy (non-hydrogen) atoms.